The predicted octanol–water partition coefficient (Wildman–Crippen LogP) is 14.2. The fourth-order valence-electron chi connectivity index (χ4n) is 5.30. The number of aliphatic hydroxyl groups excluding tert-OH is 1. The Morgan fingerprint density at radius 2 is 1.03 bits per heavy atom. The molecular formula is C47H49N9O5. The van der Waals surface area contributed by atoms with Gasteiger partial charge in [-0.25, -0.2) is 0 Å². The quantitative estimate of drug-likeness (QED) is 0.0922. The standard InChI is InChI=1S/C25H27N5O3.C22H22N4O2/c1-4-22(32)16-33-23-11-8-19(9-12-23)27-28-21-10-13-24(25(15-21)26-18(3)31)30-29-20-7-5-6-17(2)14-20;1-4-28-20-11-8-17(9-12-20)23-26-21-13-10-19(15-22(21)27-3)25-24-18-7-5-6-16(2)14-18/h5-15,22,32H,4,16H2,1-3H3,(H,26,31);5-15H,4H2,1-3H3. The minimum absolute atomic E-state index is 0.222. The number of anilines is 1. The van der Waals surface area contributed by atoms with Crippen molar-refractivity contribution in [1.29, 1.82) is 0 Å². The van der Waals surface area contributed by atoms with Gasteiger partial charge in [0, 0.05) is 13.0 Å². The van der Waals surface area contributed by atoms with E-state index in [4.69, 9.17) is 14.2 Å². The maximum Gasteiger partial charge on any atom is 0.221 e. The summed E-state index contributed by atoms with van der Waals surface area (Å²) in [5.41, 5.74) is 7.99. The van der Waals surface area contributed by atoms with Gasteiger partial charge in [-0.05, 0) is 141 Å². The zero-order valence-electron chi connectivity index (χ0n) is 35.1. The highest BCUT2D eigenvalue weighted by Crippen LogP contribution is 2.35. The number of nitrogens with one attached hydrogen (secondary N) is 1. The number of amides is 1. The maximum atomic E-state index is 11.7. The molecule has 0 heterocycles. The lowest BCUT2D eigenvalue weighted by Crippen LogP contribution is -2.15. The Bertz CT molecular complexity index is 2470. The molecule has 0 aliphatic rings. The van der Waals surface area contributed by atoms with E-state index in [2.05, 4.69) is 46.2 Å². The van der Waals surface area contributed by atoms with Crippen molar-refractivity contribution in [1.82, 2.24) is 0 Å². The van der Waals surface area contributed by atoms with Gasteiger partial charge < -0.3 is 24.6 Å². The summed E-state index contributed by atoms with van der Waals surface area (Å²) in [6.45, 7) is 10.2. The van der Waals surface area contributed by atoms with Crippen LogP contribution in [0, 0.1) is 13.8 Å². The molecular weight excluding hydrogens is 771 g/mol. The van der Waals surface area contributed by atoms with Gasteiger partial charge in [-0.2, -0.15) is 30.7 Å². The SMILES string of the molecule is CCC(O)COc1ccc(N=Nc2ccc(N=Nc3cccc(C)c3)c(NC(C)=O)c2)cc1.CCOc1ccc(N=Nc2ccc(N=Nc3cccc(C)c3)cc2OC)cc1. The summed E-state index contributed by atoms with van der Waals surface area (Å²) in [6.07, 6.45) is 0.153. The fourth-order valence-corrected chi connectivity index (χ4v) is 5.30. The number of benzene rings is 6. The van der Waals surface area contributed by atoms with Crippen molar-refractivity contribution in [2.24, 2.45) is 40.9 Å². The molecule has 6 rings (SSSR count). The highest BCUT2D eigenvalue weighted by Gasteiger charge is 2.08. The normalized spacial score (nSPS) is 11.8. The van der Waals surface area contributed by atoms with Crippen LogP contribution in [0.2, 0.25) is 0 Å². The predicted molar refractivity (Wildman–Crippen MR) is 239 cm³/mol. The second-order valence-corrected chi connectivity index (χ2v) is 13.5. The number of carbonyl (C=O) groups is 1. The monoisotopic (exact) mass is 819 g/mol. The molecule has 312 valence electrons. The molecule has 14 heteroatoms. The van der Waals surface area contributed by atoms with Crippen LogP contribution in [0.15, 0.2) is 174 Å². The Morgan fingerprint density at radius 1 is 0.574 bits per heavy atom. The first-order valence-electron chi connectivity index (χ1n) is 19.6. The molecule has 6 aromatic carbocycles. The summed E-state index contributed by atoms with van der Waals surface area (Å²) >= 11 is 0. The average Bonchev–Trinajstić information content (AvgIpc) is 3.27. The number of ether oxygens (including phenoxy) is 3. The fraction of sp³-hybridized carbons (Fsp3) is 0.213. The molecule has 0 radical (unpaired) electrons. The molecule has 1 amide bonds. The molecule has 0 aliphatic carbocycles. The number of azo groups is 4. The van der Waals surface area contributed by atoms with Gasteiger partial charge in [0.1, 0.15) is 35.2 Å². The highest BCUT2D eigenvalue weighted by atomic mass is 16.5. The third kappa shape index (κ3) is 15.0. The summed E-state index contributed by atoms with van der Waals surface area (Å²) in [4.78, 5) is 11.7. The van der Waals surface area contributed by atoms with Crippen LogP contribution in [0.5, 0.6) is 17.2 Å². The van der Waals surface area contributed by atoms with E-state index in [1.807, 2.05) is 113 Å². The van der Waals surface area contributed by atoms with E-state index < -0.39 is 6.10 Å². The van der Waals surface area contributed by atoms with Gasteiger partial charge >= 0.3 is 0 Å². The lowest BCUT2D eigenvalue weighted by atomic mass is 10.2. The van der Waals surface area contributed by atoms with Gasteiger partial charge in [-0.15, -0.1) is 10.2 Å². The molecule has 0 aliphatic heterocycles. The second-order valence-electron chi connectivity index (χ2n) is 13.5. The van der Waals surface area contributed by atoms with Crippen LogP contribution >= 0.6 is 0 Å². The third-order valence-electron chi connectivity index (χ3n) is 8.46. The van der Waals surface area contributed by atoms with Gasteiger partial charge in [0.05, 0.1) is 59.6 Å². The van der Waals surface area contributed by atoms with E-state index in [0.29, 0.717) is 58.7 Å². The molecule has 0 saturated carbocycles. The Kier molecular flexibility index (Phi) is 17.0. The molecule has 0 bridgehead atoms. The first-order valence-corrected chi connectivity index (χ1v) is 19.6. The molecule has 0 spiro atoms. The maximum absolute atomic E-state index is 11.7. The Balaban J connectivity index is 0.000000234. The van der Waals surface area contributed by atoms with Gasteiger partial charge in [0.25, 0.3) is 0 Å². The van der Waals surface area contributed by atoms with Crippen LogP contribution in [0.3, 0.4) is 0 Å². The Morgan fingerprint density at radius 3 is 1.56 bits per heavy atom. The van der Waals surface area contributed by atoms with Gasteiger partial charge in [0.2, 0.25) is 5.91 Å². The lowest BCUT2D eigenvalue weighted by Gasteiger charge is -2.09. The van der Waals surface area contributed by atoms with E-state index in [-0.39, 0.29) is 12.5 Å². The molecule has 2 N–H and O–H groups in total. The van der Waals surface area contributed by atoms with Crippen molar-refractivity contribution >= 4 is 57.1 Å². The number of hydrogen-bond donors (Lipinski definition) is 2. The van der Waals surface area contributed by atoms with Crippen LogP contribution in [-0.2, 0) is 4.79 Å². The topological polar surface area (TPSA) is 176 Å². The number of aryl methyl sites for hydroxylation is 2. The minimum atomic E-state index is -0.485. The Hall–Kier alpha value is -7.45. The number of aliphatic hydroxyl groups is 1. The van der Waals surface area contributed by atoms with Crippen LogP contribution < -0.4 is 19.5 Å². The van der Waals surface area contributed by atoms with Gasteiger partial charge in [0.15, 0.2) is 0 Å². The van der Waals surface area contributed by atoms with Crippen LogP contribution in [0.25, 0.3) is 0 Å². The molecule has 0 saturated heterocycles. The van der Waals surface area contributed by atoms with Crippen LogP contribution in [0.4, 0.5) is 51.2 Å². The minimum Gasteiger partial charge on any atom is -0.494 e. The highest BCUT2D eigenvalue weighted by molar-refractivity contribution is 5.92. The molecule has 0 fully saturated rings. The second kappa shape index (κ2) is 23.2. The summed E-state index contributed by atoms with van der Waals surface area (Å²) in [5.74, 6) is 1.82. The van der Waals surface area contributed by atoms with Crippen LogP contribution in [0.1, 0.15) is 38.3 Å². The first-order chi connectivity index (χ1) is 29.6. The molecule has 1 atom stereocenters. The van der Waals surface area contributed by atoms with Crippen molar-refractivity contribution in [2.45, 2.75) is 47.1 Å². The zero-order chi connectivity index (χ0) is 43.4. The van der Waals surface area contributed by atoms with Crippen molar-refractivity contribution in [3.8, 4) is 17.2 Å². The first kappa shape index (κ1) is 44.6. The van der Waals surface area contributed by atoms with Crippen molar-refractivity contribution in [3.05, 3.63) is 145 Å². The summed E-state index contributed by atoms with van der Waals surface area (Å²) in [5, 5.41) is 46.5. The van der Waals surface area contributed by atoms with E-state index in [9.17, 15) is 9.90 Å². The van der Waals surface area contributed by atoms with Crippen molar-refractivity contribution in [3.63, 3.8) is 0 Å². The van der Waals surface area contributed by atoms with E-state index in [0.717, 1.165) is 33.9 Å². The molecule has 6 aromatic rings. The van der Waals surface area contributed by atoms with Crippen LogP contribution in [-0.4, -0.2) is 37.4 Å². The third-order valence-corrected chi connectivity index (χ3v) is 8.46. The zero-order valence-corrected chi connectivity index (χ0v) is 35.1. The molecule has 0 aromatic heterocycles. The number of carbonyl (C=O) groups excluding carboxylic acids is 1. The largest absolute Gasteiger partial charge is 0.494 e. The smallest absolute Gasteiger partial charge is 0.221 e. The number of rotatable bonds is 16. The summed E-state index contributed by atoms with van der Waals surface area (Å²) in [7, 11) is 1.59. The lowest BCUT2D eigenvalue weighted by molar-refractivity contribution is -0.114. The van der Waals surface area contributed by atoms with Gasteiger partial charge in [-0.1, -0.05) is 31.2 Å². The van der Waals surface area contributed by atoms with Crippen molar-refractivity contribution in [2.75, 3.05) is 25.6 Å². The molecule has 61 heavy (non-hydrogen) atoms. The number of hydrogen-bond acceptors (Lipinski definition) is 13. The summed E-state index contributed by atoms with van der Waals surface area (Å²) < 4.78 is 16.4. The van der Waals surface area contributed by atoms with E-state index in [1.165, 1.54) is 6.92 Å². The van der Waals surface area contributed by atoms with E-state index in [1.54, 1.807) is 55.6 Å². The molecule has 14 nitrogen and oxygen atoms in total. The average molecular weight is 820 g/mol. The number of methoxy groups -OCH3 is 1. The molecule has 1 unspecified atom stereocenters. The van der Waals surface area contributed by atoms with Gasteiger partial charge in [-0.3, -0.25) is 4.79 Å². The summed E-state index contributed by atoms with van der Waals surface area (Å²) in [6, 6.07) is 40.7. The Labute approximate surface area is 355 Å². The van der Waals surface area contributed by atoms with E-state index >= 15 is 0 Å². The number of nitrogens with zero attached hydrogens (tertiary/aromatic N) is 8. The van der Waals surface area contributed by atoms with Crippen molar-refractivity contribution < 1.29 is 24.1 Å².